The first-order chi connectivity index (χ1) is 3.88. The summed E-state index contributed by atoms with van der Waals surface area (Å²) in [7, 11) is 0. The van der Waals surface area contributed by atoms with Gasteiger partial charge in [0.05, 0.1) is 0 Å². The van der Waals surface area contributed by atoms with Crippen LogP contribution in [0.5, 0.6) is 0 Å². The minimum absolute atomic E-state index is 0.335. The van der Waals surface area contributed by atoms with Gasteiger partial charge in [0.15, 0.2) is 0 Å². The van der Waals surface area contributed by atoms with E-state index in [9.17, 15) is 0 Å². The molecule has 0 radical (unpaired) electrons. The lowest BCUT2D eigenvalue weighted by atomic mass is 9.74. The van der Waals surface area contributed by atoms with Crippen LogP contribution in [-0.2, 0) is 0 Å². The maximum absolute atomic E-state index is 8.63. The highest BCUT2D eigenvalue weighted by Crippen LogP contribution is 2.32. The summed E-state index contributed by atoms with van der Waals surface area (Å²) in [5, 5.41) is 8.63. The molecule has 0 spiro atoms. The van der Waals surface area contributed by atoms with Gasteiger partial charge in [-0.3, -0.25) is 0 Å². The molecule has 1 aliphatic carbocycles. The third-order valence-electron chi connectivity index (χ3n) is 2.11. The molecule has 1 saturated carbocycles. The standard InChI is InChI=1S/C6H13NO/c7-3-5-1-2-6(5)4-8/h5-6,8H,1-4,7H2/t5-,6+/m0/s1. The normalized spacial score (nSPS) is 36.8. The summed E-state index contributed by atoms with van der Waals surface area (Å²) in [4.78, 5) is 0. The third kappa shape index (κ3) is 0.858. The SMILES string of the molecule is NC[C@@H]1CC[C@@H]1CO. The second-order valence-corrected chi connectivity index (χ2v) is 2.52. The van der Waals surface area contributed by atoms with Gasteiger partial charge in [0.1, 0.15) is 0 Å². The molecule has 0 amide bonds. The quantitative estimate of drug-likeness (QED) is 0.530. The minimum atomic E-state index is 0.335. The molecule has 1 fully saturated rings. The van der Waals surface area contributed by atoms with Crippen molar-refractivity contribution in [2.24, 2.45) is 17.6 Å². The summed E-state index contributed by atoms with van der Waals surface area (Å²) >= 11 is 0. The molecule has 2 atom stereocenters. The van der Waals surface area contributed by atoms with Crippen molar-refractivity contribution in [3.05, 3.63) is 0 Å². The molecule has 0 aromatic carbocycles. The van der Waals surface area contributed by atoms with E-state index in [1.54, 1.807) is 0 Å². The van der Waals surface area contributed by atoms with Gasteiger partial charge in [0.25, 0.3) is 0 Å². The van der Waals surface area contributed by atoms with Crippen LogP contribution in [0.25, 0.3) is 0 Å². The first kappa shape index (κ1) is 6.05. The molecule has 2 nitrogen and oxygen atoms in total. The second kappa shape index (κ2) is 2.46. The Morgan fingerprint density at radius 3 is 2.12 bits per heavy atom. The van der Waals surface area contributed by atoms with E-state index in [4.69, 9.17) is 10.8 Å². The number of hydrogen-bond donors (Lipinski definition) is 2. The molecule has 0 saturated heterocycles. The summed E-state index contributed by atoms with van der Waals surface area (Å²) in [5.74, 6) is 1.15. The van der Waals surface area contributed by atoms with Crippen molar-refractivity contribution in [1.82, 2.24) is 0 Å². The lowest BCUT2D eigenvalue weighted by Gasteiger charge is -2.33. The van der Waals surface area contributed by atoms with E-state index in [-0.39, 0.29) is 0 Å². The fraction of sp³-hybridized carbons (Fsp3) is 1.00. The van der Waals surface area contributed by atoms with Gasteiger partial charge in [-0.1, -0.05) is 0 Å². The fourth-order valence-corrected chi connectivity index (χ4v) is 1.19. The van der Waals surface area contributed by atoms with E-state index in [0.717, 1.165) is 6.54 Å². The van der Waals surface area contributed by atoms with Crippen molar-refractivity contribution in [3.63, 3.8) is 0 Å². The van der Waals surface area contributed by atoms with Gasteiger partial charge >= 0.3 is 0 Å². The zero-order valence-corrected chi connectivity index (χ0v) is 5.01. The van der Waals surface area contributed by atoms with Crippen molar-refractivity contribution in [2.45, 2.75) is 12.8 Å². The Balaban J connectivity index is 2.16. The Kier molecular flexibility index (Phi) is 1.86. The second-order valence-electron chi connectivity index (χ2n) is 2.52. The lowest BCUT2D eigenvalue weighted by molar-refractivity contribution is 0.0963. The first-order valence-corrected chi connectivity index (χ1v) is 3.19. The molecule has 0 unspecified atom stereocenters. The van der Waals surface area contributed by atoms with Crippen molar-refractivity contribution in [2.75, 3.05) is 13.2 Å². The van der Waals surface area contributed by atoms with Crippen LogP contribution in [-0.4, -0.2) is 18.3 Å². The summed E-state index contributed by atoms with van der Waals surface area (Å²) in [5.41, 5.74) is 5.39. The maximum Gasteiger partial charge on any atom is 0.0462 e. The van der Waals surface area contributed by atoms with Crippen LogP contribution in [0.4, 0.5) is 0 Å². The molecule has 3 N–H and O–H groups in total. The van der Waals surface area contributed by atoms with Crippen molar-refractivity contribution in [3.8, 4) is 0 Å². The Morgan fingerprint density at radius 1 is 1.38 bits per heavy atom. The van der Waals surface area contributed by atoms with Gasteiger partial charge in [0.2, 0.25) is 0 Å². The highest BCUT2D eigenvalue weighted by atomic mass is 16.3. The Labute approximate surface area is 49.7 Å². The Morgan fingerprint density at radius 2 is 2.00 bits per heavy atom. The predicted octanol–water partition coefficient (Wildman–Crippen LogP) is -0.0364. The maximum atomic E-state index is 8.63. The number of hydrogen-bond acceptors (Lipinski definition) is 2. The van der Waals surface area contributed by atoms with Gasteiger partial charge in [-0.25, -0.2) is 0 Å². The van der Waals surface area contributed by atoms with Crippen LogP contribution >= 0.6 is 0 Å². The zero-order valence-electron chi connectivity index (χ0n) is 5.01. The largest absolute Gasteiger partial charge is 0.396 e. The zero-order chi connectivity index (χ0) is 5.98. The van der Waals surface area contributed by atoms with E-state index in [0.29, 0.717) is 18.4 Å². The van der Waals surface area contributed by atoms with Crippen LogP contribution in [0.2, 0.25) is 0 Å². The monoisotopic (exact) mass is 115 g/mol. The van der Waals surface area contributed by atoms with E-state index < -0.39 is 0 Å². The summed E-state index contributed by atoms with van der Waals surface area (Å²) < 4.78 is 0. The molecule has 48 valence electrons. The smallest absolute Gasteiger partial charge is 0.0462 e. The van der Waals surface area contributed by atoms with Gasteiger partial charge in [-0.15, -0.1) is 0 Å². The number of aliphatic hydroxyl groups is 1. The van der Waals surface area contributed by atoms with E-state index in [2.05, 4.69) is 0 Å². The summed E-state index contributed by atoms with van der Waals surface area (Å²) in [6.45, 7) is 1.09. The molecular formula is C6H13NO. The highest BCUT2D eigenvalue weighted by Gasteiger charge is 2.28. The molecule has 2 heteroatoms. The lowest BCUT2D eigenvalue weighted by Crippen LogP contribution is -2.34. The van der Waals surface area contributed by atoms with Crippen LogP contribution in [0, 0.1) is 11.8 Å². The molecule has 8 heavy (non-hydrogen) atoms. The number of rotatable bonds is 2. The molecule has 0 bridgehead atoms. The van der Waals surface area contributed by atoms with Gasteiger partial charge < -0.3 is 10.8 Å². The molecule has 1 aliphatic rings. The Bertz CT molecular complexity index is 60.9. The number of nitrogens with two attached hydrogens (primary N) is 1. The summed E-state index contributed by atoms with van der Waals surface area (Å²) in [6, 6.07) is 0. The van der Waals surface area contributed by atoms with E-state index >= 15 is 0 Å². The van der Waals surface area contributed by atoms with Crippen LogP contribution < -0.4 is 5.73 Å². The van der Waals surface area contributed by atoms with Crippen molar-refractivity contribution in [1.29, 1.82) is 0 Å². The highest BCUT2D eigenvalue weighted by molar-refractivity contribution is 4.80. The average Bonchev–Trinajstić information content (AvgIpc) is 1.66. The molecule has 0 aromatic rings. The average molecular weight is 115 g/mol. The van der Waals surface area contributed by atoms with Crippen LogP contribution in [0.15, 0.2) is 0 Å². The Hall–Kier alpha value is -0.0800. The predicted molar refractivity (Wildman–Crippen MR) is 32.4 cm³/mol. The topological polar surface area (TPSA) is 46.2 Å². The van der Waals surface area contributed by atoms with Gasteiger partial charge in [-0.2, -0.15) is 0 Å². The van der Waals surface area contributed by atoms with Gasteiger partial charge in [0, 0.05) is 6.61 Å². The first-order valence-electron chi connectivity index (χ1n) is 3.19. The van der Waals surface area contributed by atoms with Crippen LogP contribution in [0.1, 0.15) is 12.8 Å². The van der Waals surface area contributed by atoms with Crippen LogP contribution in [0.3, 0.4) is 0 Å². The number of aliphatic hydroxyl groups excluding tert-OH is 1. The minimum Gasteiger partial charge on any atom is -0.396 e. The fourth-order valence-electron chi connectivity index (χ4n) is 1.19. The van der Waals surface area contributed by atoms with E-state index in [1.165, 1.54) is 12.8 Å². The van der Waals surface area contributed by atoms with Gasteiger partial charge in [-0.05, 0) is 31.2 Å². The molecule has 1 rings (SSSR count). The summed E-state index contributed by atoms with van der Waals surface area (Å²) in [6.07, 6.45) is 2.40. The molecular weight excluding hydrogens is 102 g/mol. The molecule has 0 heterocycles. The third-order valence-corrected chi connectivity index (χ3v) is 2.11. The van der Waals surface area contributed by atoms with Crippen molar-refractivity contribution < 1.29 is 5.11 Å². The molecule has 0 aliphatic heterocycles. The van der Waals surface area contributed by atoms with Crippen molar-refractivity contribution >= 4 is 0 Å². The molecule has 0 aromatic heterocycles. The van der Waals surface area contributed by atoms with E-state index in [1.807, 2.05) is 0 Å².